The van der Waals surface area contributed by atoms with Crippen molar-refractivity contribution in [2.24, 2.45) is 0 Å². The Morgan fingerprint density at radius 1 is 1.45 bits per heavy atom. The van der Waals surface area contributed by atoms with Crippen LogP contribution in [0.4, 0.5) is 5.69 Å². The number of nitro groups is 1. The van der Waals surface area contributed by atoms with Crippen LogP contribution in [0.25, 0.3) is 0 Å². The number of nitro benzene ring substituents is 1. The van der Waals surface area contributed by atoms with Gasteiger partial charge >= 0.3 is 0 Å². The Kier molecular flexibility index (Phi) is 5.02. The van der Waals surface area contributed by atoms with Gasteiger partial charge in [-0.15, -0.1) is 0 Å². The molecule has 0 aliphatic carbocycles. The average Bonchev–Trinajstić information content (AvgIpc) is 2.88. The van der Waals surface area contributed by atoms with E-state index in [1.54, 1.807) is 24.3 Å². The van der Waals surface area contributed by atoms with Crippen molar-refractivity contribution in [1.29, 1.82) is 0 Å². The smallest absolute Gasteiger partial charge is 0.269 e. The second-order valence-electron chi connectivity index (χ2n) is 4.73. The summed E-state index contributed by atoms with van der Waals surface area (Å²) in [6, 6.07) is 6.15. The lowest BCUT2D eigenvalue weighted by Gasteiger charge is -2.21. The third-order valence-corrected chi connectivity index (χ3v) is 3.41. The van der Waals surface area contributed by atoms with Crippen LogP contribution >= 0.6 is 0 Å². The van der Waals surface area contributed by atoms with Crippen molar-refractivity contribution < 1.29 is 19.6 Å². The fourth-order valence-corrected chi connectivity index (χ4v) is 2.21. The van der Waals surface area contributed by atoms with Crippen molar-refractivity contribution in [3.63, 3.8) is 0 Å². The molecule has 1 aromatic rings. The summed E-state index contributed by atoms with van der Waals surface area (Å²) in [6.45, 7) is 0.930. The van der Waals surface area contributed by atoms with Crippen molar-refractivity contribution in [3.8, 4) is 0 Å². The highest BCUT2D eigenvalue weighted by Crippen LogP contribution is 2.21. The lowest BCUT2D eigenvalue weighted by atomic mass is 10.2. The van der Waals surface area contributed by atoms with E-state index in [9.17, 15) is 15.2 Å². The molecule has 2 unspecified atom stereocenters. The Morgan fingerprint density at radius 2 is 2.15 bits per heavy atom. The predicted octanol–water partition coefficient (Wildman–Crippen LogP) is 1.11. The maximum Gasteiger partial charge on any atom is 0.269 e. The average molecular weight is 282 g/mol. The van der Waals surface area contributed by atoms with Crippen LogP contribution in [-0.2, 0) is 16.2 Å². The lowest BCUT2D eigenvalue weighted by Crippen LogP contribution is -2.32. The van der Waals surface area contributed by atoms with E-state index in [1.165, 1.54) is 12.1 Å². The molecule has 2 rings (SSSR count). The van der Waals surface area contributed by atoms with Crippen LogP contribution < -0.4 is 0 Å². The molecule has 0 saturated carbocycles. The maximum absolute atomic E-state index is 10.6. The zero-order valence-electron chi connectivity index (χ0n) is 11.3. The summed E-state index contributed by atoms with van der Waals surface area (Å²) in [5, 5.41) is 21.6. The first kappa shape index (κ1) is 14.9. The first-order chi connectivity index (χ1) is 9.63. The quantitative estimate of drug-likeness (QED) is 0.621. The fraction of sp³-hybridized carbons (Fsp3) is 0.538. The van der Waals surface area contributed by atoms with E-state index in [0.29, 0.717) is 13.2 Å². The molecule has 0 spiro atoms. The summed E-state index contributed by atoms with van der Waals surface area (Å²) in [6.07, 6.45) is 0.789. The van der Waals surface area contributed by atoms with E-state index in [4.69, 9.17) is 9.57 Å². The van der Waals surface area contributed by atoms with Gasteiger partial charge in [0.1, 0.15) is 0 Å². The minimum absolute atomic E-state index is 0.0140. The highest BCUT2D eigenvalue weighted by Gasteiger charge is 2.32. The molecule has 0 bridgehead atoms. The SMILES string of the molecule is COC1CC(CO)N(OCc2ccc([N+](=O)[O-])cc2)C1. The third-order valence-electron chi connectivity index (χ3n) is 3.41. The minimum Gasteiger partial charge on any atom is -0.395 e. The van der Waals surface area contributed by atoms with Crippen molar-refractivity contribution in [2.45, 2.75) is 25.2 Å². The standard InChI is InChI=1S/C13H18N2O5/c1-19-13-6-12(8-16)14(7-13)20-9-10-2-4-11(5-3-10)15(17)18/h2-5,12-13,16H,6-9H2,1H3. The molecule has 20 heavy (non-hydrogen) atoms. The Bertz CT molecular complexity index is 451. The molecular weight excluding hydrogens is 264 g/mol. The van der Waals surface area contributed by atoms with E-state index in [-0.39, 0.29) is 24.4 Å². The third kappa shape index (κ3) is 3.51. The molecule has 0 radical (unpaired) electrons. The first-order valence-corrected chi connectivity index (χ1v) is 6.40. The van der Waals surface area contributed by atoms with Crippen LogP contribution in [0.1, 0.15) is 12.0 Å². The molecule has 1 aromatic carbocycles. The van der Waals surface area contributed by atoms with Gasteiger partial charge in [0.25, 0.3) is 5.69 Å². The number of nitrogens with zero attached hydrogens (tertiary/aromatic N) is 2. The second-order valence-corrected chi connectivity index (χ2v) is 4.73. The van der Waals surface area contributed by atoms with Crippen LogP contribution in [0.3, 0.4) is 0 Å². The Balaban J connectivity index is 1.89. The maximum atomic E-state index is 10.6. The molecule has 1 aliphatic heterocycles. The van der Waals surface area contributed by atoms with Gasteiger partial charge in [-0.25, -0.2) is 0 Å². The molecule has 1 aliphatic rings. The summed E-state index contributed by atoms with van der Waals surface area (Å²) >= 11 is 0. The zero-order valence-corrected chi connectivity index (χ0v) is 11.3. The minimum atomic E-state index is -0.434. The van der Waals surface area contributed by atoms with Gasteiger partial charge < -0.3 is 9.84 Å². The number of aliphatic hydroxyl groups is 1. The monoisotopic (exact) mass is 282 g/mol. The Morgan fingerprint density at radius 3 is 2.70 bits per heavy atom. The second kappa shape index (κ2) is 6.76. The molecule has 1 heterocycles. The largest absolute Gasteiger partial charge is 0.395 e. The highest BCUT2D eigenvalue weighted by molar-refractivity contribution is 5.32. The molecule has 2 atom stereocenters. The van der Waals surface area contributed by atoms with Crippen LogP contribution in [-0.4, -0.2) is 47.5 Å². The van der Waals surface area contributed by atoms with Gasteiger partial charge in [0, 0.05) is 19.2 Å². The summed E-state index contributed by atoms with van der Waals surface area (Å²) in [4.78, 5) is 15.8. The molecular formula is C13H18N2O5. The van der Waals surface area contributed by atoms with Crippen LogP contribution in [0.5, 0.6) is 0 Å². The number of methoxy groups -OCH3 is 1. The van der Waals surface area contributed by atoms with E-state index in [1.807, 2.05) is 0 Å². The molecule has 1 N–H and O–H groups in total. The van der Waals surface area contributed by atoms with Crippen molar-refractivity contribution in [3.05, 3.63) is 39.9 Å². The summed E-state index contributed by atoms with van der Waals surface area (Å²) in [7, 11) is 1.64. The van der Waals surface area contributed by atoms with Crippen LogP contribution in [0.15, 0.2) is 24.3 Å². The van der Waals surface area contributed by atoms with Gasteiger partial charge in [-0.2, -0.15) is 5.06 Å². The first-order valence-electron chi connectivity index (χ1n) is 6.40. The van der Waals surface area contributed by atoms with E-state index < -0.39 is 4.92 Å². The normalized spacial score (nSPS) is 23.1. The van der Waals surface area contributed by atoms with Gasteiger partial charge in [0.15, 0.2) is 0 Å². The van der Waals surface area contributed by atoms with E-state index >= 15 is 0 Å². The Labute approximate surface area is 116 Å². The number of non-ortho nitro benzene ring substituents is 1. The van der Waals surface area contributed by atoms with E-state index in [2.05, 4.69) is 0 Å². The van der Waals surface area contributed by atoms with Crippen LogP contribution in [0, 0.1) is 10.1 Å². The van der Waals surface area contributed by atoms with Crippen molar-refractivity contribution >= 4 is 5.69 Å². The Hall–Kier alpha value is -1.54. The fourth-order valence-electron chi connectivity index (χ4n) is 2.21. The molecule has 0 aromatic heterocycles. The number of benzene rings is 1. The zero-order chi connectivity index (χ0) is 14.5. The van der Waals surface area contributed by atoms with Gasteiger partial charge in [-0.3, -0.25) is 15.0 Å². The van der Waals surface area contributed by atoms with Gasteiger partial charge in [0.2, 0.25) is 0 Å². The van der Waals surface area contributed by atoms with Gasteiger partial charge in [-0.05, 0) is 24.1 Å². The molecule has 0 amide bonds. The number of hydroxylamine groups is 2. The number of rotatable bonds is 6. The van der Waals surface area contributed by atoms with Crippen molar-refractivity contribution in [1.82, 2.24) is 5.06 Å². The predicted molar refractivity (Wildman–Crippen MR) is 70.9 cm³/mol. The lowest BCUT2D eigenvalue weighted by molar-refractivity contribution is -0.384. The number of hydrogen-bond donors (Lipinski definition) is 1. The molecule has 7 heteroatoms. The number of aliphatic hydroxyl groups excluding tert-OH is 1. The molecule has 1 saturated heterocycles. The van der Waals surface area contributed by atoms with Crippen LogP contribution in [0.2, 0.25) is 0 Å². The summed E-state index contributed by atoms with van der Waals surface area (Å²) < 4.78 is 5.26. The molecule has 110 valence electrons. The summed E-state index contributed by atoms with van der Waals surface area (Å²) in [5.74, 6) is 0. The summed E-state index contributed by atoms with van der Waals surface area (Å²) in [5.41, 5.74) is 0.899. The molecule has 7 nitrogen and oxygen atoms in total. The van der Waals surface area contributed by atoms with Gasteiger partial charge in [0.05, 0.1) is 36.8 Å². The van der Waals surface area contributed by atoms with Gasteiger partial charge in [-0.1, -0.05) is 0 Å². The number of hydrogen-bond acceptors (Lipinski definition) is 6. The topological polar surface area (TPSA) is 85.1 Å². The highest BCUT2D eigenvalue weighted by atomic mass is 16.7. The van der Waals surface area contributed by atoms with Crippen molar-refractivity contribution in [2.75, 3.05) is 20.3 Å². The molecule has 1 fully saturated rings. The van der Waals surface area contributed by atoms with E-state index in [0.717, 1.165) is 12.0 Å². The number of ether oxygens (including phenoxy) is 1.